The first kappa shape index (κ1) is 29.3. The lowest BCUT2D eigenvalue weighted by molar-refractivity contribution is 1.05. The van der Waals surface area contributed by atoms with Gasteiger partial charge in [-0.15, -0.1) is 0 Å². The molecule has 0 spiro atoms. The Balaban J connectivity index is 1.13. The van der Waals surface area contributed by atoms with Gasteiger partial charge in [0.05, 0.1) is 16.7 Å². The van der Waals surface area contributed by atoms with Crippen LogP contribution in [0.5, 0.6) is 0 Å². The van der Waals surface area contributed by atoms with Gasteiger partial charge in [-0.1, -0.05) is 146 Å². The lowest BCUT2D eigenvalue weighted by atomic mass is 9.93. The van der Waals surface area contributed by atoms with Crippen LogP contribution in [0.15, 0.2) is 182 Å². The minimum atomic E-state index is 0.706. The average molecular weight is 687 g/mol. The summed E-state index contributed by atoms with van der Waals surface area (Å²) >= 11 is 0. The Labute approximate surface area is 310 Å². The lowest BCUT2D eigenvalue weighted by Crippen LogP contribution is -2.03. The van der Waals surface area contributed by atoms with Crippen LogP contribution < -0.4 is 0 Å². The highest BCUT2D eigenvalue weighted by molar-refractivity contribution is 6.30. The molecule has 0 amide bonds. The number of hydrogen-bond acceptors (Lipinski definition) is 2. The van der Waals surface area contributed by atoms with Gasteiger partial charge in [-0.05, 0) is 75.0 Å². The molecule has 0 bridgehead atoms. The minimum Gasteiger partial charge on any atom is -0.309 e. The molecule has 0 saturated carbocycles. The number of fused-ring (bicyclic) bond motifs is 6. The van der Waals surface area contributed by atoms with E-state index in [9.17, 15) is 0 Å². The molecule has 12 rings (SSSR count). The van der Waals surface area contributed by atoms with Gasteiger partial charge in [0.2, 0.25) is 0 Å². The summed E-state index contributed by atoms with van der Waals surface area (Å²) in [6.07, 6.45) is 0. The Morgan fingerprint density at radius 3 is 1.74 bits per heavy atom. The second-order valence-electron chi connectivity index (χ2n) is 14.1. The summed E-state index contributed by atoms with van der Waals surface area (Å²) < 4.78 is 4.69. The maximum absolute atomic E-state index is 5.34. The van der Waals surface area contributed by atoms with E-state index in [1.54, 1.807) is 0 Å². The van der Waals surface area contributed by atoms with Crippen molar-refractivity contribution >= 4 is 49.0 Å². The van der Waals surface area contributed by atoms with Crippen molar-refractivity contribution in [2.45, 2.75) is 0 Å². The molecule has 250 valence electrons. The fourth-order valence-electron chi connectivity index (χ4n) is 8.98. The van der Waals surface area contributed by atoms with Gasteiger partial charge in [-0.25, -0.2) is 9.97 Å². The summed E-state index contributed by atoms with van der Waals surface area (Å²) in [4.78, 5) is 10.6. The van der Waals surface area contributed by atoms with Crippen LogP contribution in [0.25, 0.3) is 111 Å². The number of benzene rings is 8. The van der Waals surface area contributed by atoms with Gasteiger partial charge in [-0.2, -0.15) is 0 Å². The van der Waals surface area contributed by atoms with Crippen LogP contribution in [-0.2, 0) is 0 Å². The molecular weight excluding hydrogens is 657 g/mol. The Morgan fingerprint density at radius 1 is 0.370 bits per heavy atom. The predicted molar refractivity (Wildman–Crippen MR) is 223 cm³/mol. The average Bonchev–Trinajstić information content (AvgIpc) is 3.73. The van der Waals surface area contributed by atoms with E-state index in [-0.39, 0.29) is 0 Å². The number of aromatic nitrogens is 4. The van der Waals surface area contributed by atoms with E-state index in [0.717, 1.165) is 50.3 Å². The smallest absolute Gasteiger partial charge is 0.163 e. The third-order valence-electron chi connectivity index (χ3n) is 11.3. The van der Waals surface area contributed by atoms with Crippen molar-refractivity contribution in [3.05, 3.63) is 182 Å². The van der Waals surface area contributed by atoms with Crippen LogP contribution in [-0.4, -0.2) is 18.9 Å². The van der Waals surface area contributed by atoms with Crippen LogP contribution in [0.1, 0.15) is 0 Å². The van der Waals surface area contributed by atoms with Gasteiger partial charge in [0, 0.05) is 38.4 Å². The molecule has 4 heteroatoms. The second-order valence-corrected chi connectivity index (χ2v) is 14.1. The maximum atomic E-state index is 5.34. The van der Waals surface area contributed by atoms with Crippen molar-refractivity contribution < 1.29 is 0 Å². The fourth-order valence-corrected chi connectivity index (χ4v) is 8.98. The van der Waals surface area contributed by atoms with Crippen molar-refractivity contribution in [3.63, 3.8) is 0 Å². The Kier molecular flexibility index (Phi) is 6.02. The number of nitrogens with zero attached hydrogens (tertiary/aromatic N) is 4. The first-order valence-corrected chi connectivity index (χ1v) is 18.4. The van der Waals surface area contributed by atoms with E-state index in [0.29, 0.717) is 5.82 Å². The highest BCUT2D eigenvalue weighted by Gasteiger charge is 2.25. The zero-order chi connectivity index (χ0) is 35.3. The van der Waals surface area contributed by atoms with Crippen LogP contribution in [0.2, 0.25) is 0 Å². The summed E-state index contributed by atoms with van der Waals surface area (Å²) in [7, 11) is 0. The predicted octanol–water partition coefficient (Wildman–Crippen LogP) is 12.8. The molecule has 0 radical (unpaired) electrons. The van der Waals surface area contributed by atoms with E-state index in [1.807, 2.05) is 18.2 Å². The molecular formula is C50H30N4. The topological polar surface area (TPSA) is 35.1 Å². The summed E-state index contributed by atoms with van der Waals surface area (Å²) in [5.74, 6) is 1.56. The summed E-state index contributed by atoms with van der Waals surface area (Å²) in [5, 5.41) is 7.44. The van der Waals surface area contributed by atoms with Crippen molar-refractivity contribution in [3.8, 4) is 62.0 Å². The van der Waals surface area contributed by atoms with Crippen LogP contribution in [0.3, 0.4) is 0 Å². The number of hydrogen-bond donors (Lipinski definition) is 0. The van der Waals surface area contributed by atoms with Gasteiger partial charge in [0.25, 0.3) is 0 Å². The summed E-state index contributed by atoms with van der Waals surface area (Å²) in [6, 6.07) is 65.3. The molecule has 0 aliphatic heterocycles. The molecule has 0 fully saturated rings. The zero-order valence-electron chi connectivity index (χ0n) is 29.1. The van der Waals surface area contributed by atoms with Gasteiger partial charge >= 0.3 is 0 Å². The van der Waals surface area contributed by atoms with Crippen molar-refractivity contribution in [1.29, 1.82) is 0 Å². The summed E-state index contributed by atoms with van der Waals surface area (Å²) in [5.41, 5.74) is 13.7. The van der Waals surface area contributed by atoms with E-state index in [1.165, 1.54) is 54.8 Å². The van der Waals surface area contributed by atoms with Crippen molar-refractivity contribution in [2.75, 3.05) is 0 Å². The first-order valence-electron chi connectivity index (χ1n) is 18.4. The zero-order valence-corrected chi connectivity index (χ0v) is 29.1. The highest BCUT2D eigenvalue weighted by Crippen LogP contribution is 2.49. The van der Waals surface area contributed by atoms with Crippen LogP contribution in [0, 0.1) is 0 Å². The van der Waals surface area contributed by atoms with Crippen LogP contribution in [0.4, 0.5) is 0 Å². The standard InChI is InChI=1S/C50H30N4/c1-3-13-32(14-4-1)47-40-20-9-10-21-41(40)50-52-48(33-15-5-2-6-16-33)51-49(54(47)50)34-25-28-35(29-26-34)53-42-24-12-23-39-37-19-8-7-18-36(37)38-22-11-17-31-27-30-43(53)46(44(31)38)45(39)42/h1-30H. The SMILES string of the molecule is c1ccc(-c2nc(-c3ccc(-n4c5cccc6c5c5c7c(cccc7ccc54)-c4ccccc4-6)cc3)n3c(-c4ccccc4)c4ccccc4c3n2)cc1. The largest absolute Gasteiger partial charge is 0.309 e. The molecule has 54 heavy (non-hydrogen) atoms. The van der Waals surface area contributed by atoms with E-state index < -0.39 is 0 Å². The molecule has 8 aromatic carbocycles. The molecule has 1 aliphatic carbocycles. The molecule has 0 saturated heterocycles. The Bertz CT molecular complexity index is 3300. The number of rotatable bonds is 4. The second kappa shape index (κ2) is 11.1. The van der Waals surface area contributed by atoms with Crippen molar-refractivity contribution in [2.24, 2.45) is 0 Å². The fraction of sp³-hybridized carbons (Fsp3) is 0. The molecule has 0 atom stereocenters. The monoisotopic (exact) mass is 686 g/mol. The third-order valence-corrected chi connectivity index (χ3v) is 11.3. The maximum Gasteiger partial charge on any atom is 0.163 e. The third kappa shape index (κ3) is 4.02. The molecule has 0 unspecified atom stereocenters. The van der Waals surface area contributed by atoms with E-state index in [4.69, 9.17) is 9.97 Å². The normalized spacial score (nSPS) is 12.1. The molecule has 3 heterocycles. The highest BCUT2D eigenvalue weighted by atomic mass is 15.1. The van der Waals surface area contributed by atoms with Crippen LogP contribution >= 0.6 is 0 Å². The minimum absolute atomic E-state index is 0.706. The van der Waals surface area contributed by atoms with Gasteiger partial charge in [-0.3, -0.25) is 4.40 Å². The molecule has 3 aromatic heterocycles. The van der Waals surface area contributed by atoms with E-state index >= 15 is 0 Å². The van der Waals surface area contributed by atoms with Gasteiger partial charge < -0.3 is 4.57 Å². The van der Waals surface area contributed by atoms with Gasteiger partial charge in [0.1, 0.15) is 11.5 Å². The van der Waals surface area contributed by atoms with E-state index in [2.05, 4.69) is 173 Å². The Hall–Kier alpha value is -7.30. The molecule has 4 nitrogen and oxygen atoms in total. The van der Waals surface area contributed by atoms with Gasteiger partial charge in [0.15, 0.2) is 5.82 Å². The molecule has 1 aliphatic rings. The molecule has 11 aromatic rings. The molecule has 0 N–H and O–H groups in total. The lowest BCUT2D eigenvalue weighted by Gasteiger charge is -2.15. The summed E-state index contributed by atoms with van der Waals surface area (Å²) in [6.45, 7) is 0. The Morgan fingerprint density at radius 2 is 0.981 bits per heavy atom. The quantitative estimate of drug-likeness (QED) is 0.185. The van der Waals surface area contributed by atoms with Crippen molar-refractivity contribution in [1.82, 2.24) is 18.9 Å². The first-order chi connectivity index (χ1) is 26.8.